The number of benzene rings is 3. The Morgan fingerprint density at radius 1 is 0.975 bits per heavy atom. The number of hydrogen-bond acceptors (Lipinski definition) is 4. The first-order valence-electron chi connectivity index (χ1n) is 13.8. The number of nitrogens with zero attached hydrogens (tertiary/aromatic N) is 4. The van der Waals surface area contributed by atoms with Crippen LogP contribution in [-0.4, -0.2) is 54.7 Å². The Labute approximate surface area is 232 Å². The molecule has 8 heteroatoms. The van der Waals surface area contributed by atoms with Crippen LogP contribution in [0.5, 0.6) is 0 Å². The van der Waals surface area contributed by atoms with Crippen molar-refractivity contribution < 1.29 is 9.90 Å². The third-order valence-corrected chi connectivity index (χ3v) is 8.08. The van der Waals surface area contributed by atoms with Crippen molar-refractivity contribution in [2.45, 2.75) is 44.4 Å². The van der Waals surface area contributed by atoms with E-state index in [9.17, 15) is 14.7 Å². The number of piperidine rings is 1. The minimum Gasteiger partial charge on any atom is -0.465 e. The lowest BCUT2D eigenvalue weighted by Crippen LogP contribution is -2.48. The van der Waals surface area contributed by atoms with Crippen LogP contribution in [-0.2, 0) is 13.1 Å². The van der Waals surface area contributed by atoms with Crippen LogP contribution in [0.15, 0.2) is 95.9 Å². The average molecular weight is 536 g/mol. The molecule has 0 bridgehead atoms. The van der Waals surface area contributed by atoms with Gasteiger partial charge in [0.2, 0.25) is 0 Å². The van der Waals surface area contributed by atoms with Gasteiger partial charge in [-0.25, -0.2) is 9.59 Å². The third kappa shape index (κ3) is 5.35. The summed E-state index contributed by atoms with van der Waals surface area (Å²) in [7, 11) is 0. The number of nitrogens with one attached hydrogen (secondary N) is 1. The number of fused-ring (bicyclic) bond motifs is 2. The molecule has 8 nitrogen and oxygen atoms in total. The number of para-hydroxylation sites is 3. The highest BCUT2D eigenvalue weighted by molar-refractivity contribution is 5.81. The molecule has 5 aromatic rings. The molecule has 2 N–H and O–H groups in total. The van der Waals surface area contributed by atoms with Gasteiger partial charge in [-0.2, -0.15) is 0 Å². The fraction of sp³-hybridized carbons (Fsp3) is 0.281. The molecular formula is C32H33N5O3. The molecule has 6 rings (SSSR count). The van der Waals surface area contributed by atoms with Gasteiger partial charge in [-0.05, 0) is 54.7 Å². The summed E-state index contributed by atoms with van der Waals surface area (Å²) in [4.78, 5) is 36.6. The lowest BCUT2D eigenvalue weighted by Gasteiger charge is -2.39. The first-order chi connectivity index (χ1) is 19.6. The van der Waals surface area contributed by atoms with E-state index >= 15 is 0 Å². The molecule has 3 aromatic carbocycles. The van der Waals surface area contributed by atoms with E-state index < -0.39 is 6.09 Å². The fourth-order valence-corrected chi connectivity index (χ4v) is 6.15. The Kier molecular flexibility index (Phi) is 7.33. The van der Waals surface area contributed by atoms with Crippen molar-refractivity contribution in [3.63, 3.8) is 0 Å². The first kappa shape index (κ1) is 25.8. The van der Waals surface area contributed by atoms with Gasteiger partial charge in [0, 0.05) is 49.8 Å². The quantitative estimate of drug-likeness (QED) is 0.268. The molecule has 1 saturated heterocycles. The van der Waals surface area contributed by atoms with Crippen LogP contribution in [0, 0.1) is 0 Å². The van der Waals surface area contributed by atoms with Gasteiger partial charge in [0.05, 0.1) is 16.6 Å². The van der Waals surface area contributed by atoms with Gasteiger partial charge in [-0.15, -0.1) is 0 Å². The summed E-state index contributed by atoms with van der Waals surface area (Å²) in [5.74, 6) is 0. The summed E-state index contributed by atoms with van der Waals surface area (Å²) >= 11 is 0. The zero-order chi connectivity index (χ0) is 27.5. The van der Waals surface area contributed by atoms with Crippen molar-refractivity contribution in [2.75, 3.05) is 13.1 Å². The first-order valence-corrected chi connectivity index (χ1v) is 13.8. The standard InChI is InChI=1S/C32H33N5O3/c38-31-34-29-12-6-7-13-30(29)37(31)26-16-19-36(32(39)40)25(20-26)15-18-35(21-23-8-2-1-3-9-23)22-24-14-17-33-28-11-5-4-10-27(24)28/h1-14,17,25-26H,15-16,18-22H2,(H,34,38)(H,39,40). The summed E-state index contributed by atoms with van der Waals surface area (Å²) in [6.07, 6.45) is 2.85. The summed E-state index contributed by atoms with van der Waals surface area (Å²) in [5, 5.41) is 11.2. The van der Waals surface area contributed by atoms with Gasteiger partial charge in [0.25, 0.3) is 0 Å². The molecule has 40 heavy (non-hydrogen) atoms. The Balaban J connectivity index is 1.25. The molecule has 0 spiro atoms. The highest BCUT2D eigenvalue weighted by Crippen LogP contribution is 2.31. The summed E-state index contributed by atoms with van der Waals surface area (Å²) < 4.78 is 1.83. The van der Waals surface area contributed by atoms with Gasteiger partial charge < -0.3 is 15.0 Å². The smallest absolute Gasteiger partial charge is 0.407 e. The molecule has 1 amide bonds. The number of likely N-dealkylation sites (tertiary alicyclic amines) is 1. The SMILES string of the molecule is O=C(O)N1CCC(n2c(=O)[nH]c3ccccc32)CC1CCN(Cc1ccccc1)Cc1ccnc2ccccc12. The molecule has 0 radical (unpaired) electrons. The monoisotopic (exact) mass is 535 g/mol. The Bertz CT molecular complexity index is 1670. The van der Waals surface area contributed by atoms with E-state index in [1.807, 2.05) is 71.4 Å². The maximum absolute atomic E-state index is 12.9. The van der Waals surface area contributed by atoms with E-state index in [1.165, 1.54) is 11.1 Å². The molecule has 0 saturated carbocycles. The van der Waals surface area contributed by atoms with E-state index in [2.05, 4.69) is 39.1 Å². The summed E-state index contributed by atoms with van der Waals surface area (Å²) in [6, 6.07) is 28.1. The molecule has 2 aromatic heterocycles. The predicted octanol–water partition coefficient (Wildman–Crippen LogP) is 5.65. The number of carbonyl (C=O) groups is 1. The third-order valence-electron chi connectivity index (χ3n) is 8.08. The minimum atomic E-state index is -0.899. The van der Waals surface area contributed by atoms with Crippen LogP contribution < -0.4 is 5.69 Å². The molecule has 1 aliphatic rings. The van der Waals surface area contributed by atoms with Crippen LogP contribution in [0.4, 0.5) is 4.79 Å². The van der Waals surface area contributed by atoms with E-state index in [4.69, 9.17) is 0 Å². The lowest BCUT2D eigenvalue weighted by atomic mass is 9.94. The topological polar surface area (TPSA) is 94.5 Å². The van der Waals surface area contributed by atoms with Gasteiger partial charge in [-0.1, -0.05) is 60.7 Å². The van der Waals surface area contributed by atoms with Gasteiger partial charge in [0.15, 0.2) is 0 Å². The van der Waals surface area contributed by atoms with E-state index in [1.54, 1.807) is 4.90 Å². The second-order valence-corrected chi connectivity index (χ2v) is 10.6. The number of rotatable bonds is 8. The van der Waals surface area contributed by atoms with Crippen LogP contribution in [0.3, 0.4) is 0 Å². The van der Waals surface area contributed by atoms with Crippen molar-refractivity contribution in [1.82, 2.24) is 24.3 Å². The number of amides is 1. The number of pyridine rings is 1. The predicted molar refractivity (Wildman–Crippen MR) is 156 cm³/mol. The van der Waals surface area contributed by atoms with E-state index in [-0.39, 0.29) is 17.8 Å². The normalized spacial score (nSPS) is 17.6. The maximum Gasteiger partial charge on any atom is 0.407 e. The van der Waals surface area contributed by atoms with E-state index in [0.29, 0.717) is 25.8 Å². The second-order valence-electron chi connectivity index (χ2n) is 10.6. The molecule has 1 aliphatic heterocycles. The van der Waals surface area contributed by atoms with Crippen LogP contribution in [0.2, 0.25) is 0 Å². The molecule has 2 atom stereocenters. The number of hydrogen-bond donors (Lipinski definition) is 2. The second kappa shape index (κ2) is 11.4. The molecule has 2 unspecified atom stereocenters. The van der Waals surface area contributed by atoms with Gasteiger partial charge in [-0.3, -0.25) is 14.5 Å². The van der Waals surface area contributed by atoms with Crippen LogP contribution >= 0.6 is 0 Å². The molecule has 3 heterocycles. The van der Waals surface area contributed by atoms with Crippen molar-refractivity contribution in [3.8, 4) is 0 Å². The van der Waals surface area contributed by atoms with Gasteiger partial charge in [0.1, 0.15) is 0 Å². The fourth-order valence-electron chi connectivity index (χ4n) is 6.15. The zero-order valence-electron chi connectivity index (χ0n) is 22.3. The van der Waals surface area contributed by atoms with E-state index in [0.717, 1.165) is 41.6 Å². The molecule has 1 fully saturated rings. The Hall–Kier alpha value is -4.43. The van der Waals surface area contributed by atoms with Crippen LogP contribution in [0.25, 0.3) is 21.9 Å². The molecule has 204 valence electrons. The van der Waals surface area contributed by atoms with Crippen LogP contribution in [0.1, 0.15) is 36.4 Å². The number of H-pyrrole nitrogens is 1. The Morgan fingerprint density at radius 2 is 1.75 bits per heavy atom. The number of aromatic amines is 1. The largest absolute Gasteiger partial charge is 0.465 e. The number of carboxylic acid groups (broad SMARTS) is 1. The summed E-state index contributed by atoms with van der Waals surface area (Å²) in [6.45, 7) is 2.60. The number of imidazole rings is 1. The lowest BCUT2D eigenvalue weighted by molar-refractivity contribution is 0.0812. The summed E-state index contributed by atoms with van der Waals surface area (Å²) in [5.41, 5.74) is 4.92. The highest BCUT2D eigenvalue weighted by Gasteiger charge is 2.33. The maximum atomic E-state index is 12.9. The minimum absolute atomic E-state index is 0.0593. The Morgan fingerprint density at radius 3 is 2.60 bits per heavy atom. The molecular weight excluding hydrogens is 502 g/mol. The van der Waals surface area contributed by atoms with Crippen molar-refractivity contribution in [1.29, 1.82) is 0 Å². The zero-order valence-corrected chi connectivity index (χ0v) is 22.3. The van der Waals surface area contributed by atoms with Crippen molar-refractivity contribution in [3.05, 3.63) is 113 Å². The van der Waals surface area contributed by atoms with Crippen molar-refractivity contribution >= 4 is 28.0 Å². The highest BCUT2D eigenvalue weighted by atomic mass is 16.4. The average Bonchev–Trinajstić information content (AvgIpc) is 3.32. The van der Waals surface area contributed by atoms with Gasteiger partial charge >= 0.3 is 11.8 Å². The van der Waals surface area contributed by atoms with Crippen molar-refractivity contribution in [2.24, 2.45) is 0 Å². The number of aromatic nitrogens is 3. The molecule has 0 aliphatic carbocycles.